The van der Waals surface area contributed by atoms with Crippen LogP contribution in [0.2, 0.25) is 0 Å². The van der Waals surface area contributed by atoms with E-state index in [2.05, 4.69) is 25.4 Å². The van der Waals surface area contributed by atoms with Gasteiger partial charge in [0.05, 0.1) is 11.7 Å². The maximum absolute atomic E-state index is 12.5. The number of carbonyl (C=O) groups is 2. The fourth-order valence-electron chi connectivity index (χ4n) is 3.05. The van der Waals surface area contributed by atoms with Gasteiger partial charge in [0.15, 0.2) is 12.4 Å². The van der Waals surface area contributed by atoms with Crippen molar-refractivity contribution in [3.63, 3.8) is 0 Å². The van der Waals surface area contributed by atoms with E-state index >= 15 is 0 Å². The number of hydrogen-bond donors (Lipinski definition) is 2. The second-order valence-corrected chi connectivity index (χ2v) is 5.97. The van der Waals surface area contributed by atoms with Gasteiger partial charge in [0.1, 0.15) is 11.6 Å². The number of carbonyl (C=O) groups excluding carboxylic acids is 2. The predicted molar refractivity (Wildman–Crippen MR) is 84.8 cm³/mol. The van der Waals surface area contributed by atoms with E-state index in [1.807, 2.05) is 6.92 Å². The van der Waals surface area contributed by atoms with Crippen LogP contribution in [0.3, 0.4) is 0 Å². The van der Waals surface area contributed by atoms with Crippen molar-refractivity contribution in [2.24, 2.45) is 0 Å². The summed E-state index contributed by atoms with van der Waals surface area (Å²) in [6, 6.07) is 4.71. The van der Waals surface area contributed by atoms with Gasteiger partial charge >= 0.3 is 0 Å². The second kappa shape index (κ2) is 5.63. The van der Waals surface area contributed by atoms with Gasteiger partial charge in [-0.25, -0.2) is 0 Å². The maximum atomic E-state index is 12.5. The first-order valence-corrected chi connectivity index (χ1v) is 7.91. The van der Waals surface area contributed by atoms with E-state index < -0.39 is 0 Å². The third-order valence-corrected chi connectivity index (χ3v) is 4.25. The van der Waals surface area contributed by atoms with E-state index in [9.17, 15) is 9.59 Å². The van der Waals surface area contributed by atoms with Gasteiger partial charge in [-0.2, -0.15) is 0 Å². The fourth-order valence-corrected chi connectivity index (χ4v) is 3.05. The van der Waals surface area contributed by atoms with Crippen molar-refractivity contribution in [2.45, 2.75) is 32.4 Å². The Morgan fingerprint density at radius 2 is 2.29 bits per heavy atom. The van der Waals surface area contributed by atoms with Crippen LogP contribution in [0.15, 0.2) is 18.2 Å². The summed E-state index contributed by atoms with van der Waals surface area (Å²) < 4.78 is 7.41. The Hall–Kier alpha value is -2.90. The zero-order valence-electron chi connectivity index (χ0n) is 13.2. The molecule has 0 saturated heterocycles. The van der Waals surface area contributed by atoms with Gasteiger partial charge in [-0.15, -0.1) is 10.2 Å². The first-order chi connectivity index (χ1) is 11.6. The minimum atomic E-state index is -0.242. The molecule has 8 nitrogen and oxygen atoms in total. The first kappa shape index (κ1) is 14.7. The molecule has 1 atom stereocenters. The van der Waals surface area contributed by atoms with Gasteiger partial charge in [-0.05, 0) is 31.5 Å². The van der Waals surface area contributed by atoms with E-state index in [1.165, 1.54) is 0 Å². The largest absolute Gasteiger partial charge is 0.482 e. The number of amides is 2. The standard InChI is InChI=1S/C16H17N5O3/c1-9(15-20-19-13-3-2-6-21(13)15)17-16(23)10-4-5-11-12(7-10)24-8-14(22)18-11/h4-5,7,9H,2-3,6,8H2,1H3,(H,17,23)(H,18,22)/t9-/m1/s1. The quantitative estimate of drug-likeness (QED) is 0.878. The highest BCUT2D eigenvalue weighted by molar-refractivity contribution is 5.99. The Morgan fingerprint density at radius 3 is 3.17 bits per heavy atom. The lowest BCUT2D eigenvalue weighted by Gasteiger charge is -2.19. The molecule has 8 heteroatoms. The monoisotopic (exact) mass is 327 g/mol. The van der Waals surface area contributed by atoms with Gasteiger partial charge in [0.25, 0.3) is 11.8 Å². The summed E-state index contributed by atoms with van der Waals surface area (Å²) in [5, 5.41) is 14.0. The molecule has 2 N–H and O–H groups in total. The van der Waals surface area contributed by atoms with Crippen LogP contribution in [0.1, 0.15) is 41.4 Å². The zero-order valence-corrected chi connectivity index (χ0v) is 13.2. The number of aromatic nitrogens is 3. The topological polar surface area (TPSA) is 98.1 Å². The predicted octanol–water partition coefficient (Wildman–Crippen LogP) is 1.05. The van der Waals surface area contributed by atoms with E-state index in [1.54, 1.807) is 18.2 Å². The summed E-state index contributed by atoms with van der Waals surface area (Å²) in [6.07, 6.45) is 1.99. The van der Waals surface area contributed by atoms with Crippen molar-refractivity contribution in [1.29, 1.82) is 0 Å². The maximum Gasteiger partial charge on any atom is 0.262 e. The number of aryl methyl sites for hydroxylation is 1. The van der Waals surface area contributed by atoms with Crippen molar-refractivity contribution in [3.05, 3.63) is 35.4 Å². The zero-order chi connectivity index (χ0) is 16.7. The minimum Gasteiger partial charge on any atom is -0.482 e. The molecule has 2 aliphatic rings. The number of benzene rings is 1. The number of ether oxygens (including phenoxy) is 1. The number of hydrogen-bond acceptors (Lipinski definition) is 5. The molecule has 2 aliphatic heterocycles. The van der Waals surface area contributed by atoms with Gasteiger partial charge in [-0.1, -0.05) is 0 Å². The van der Waals surface area contributed by atoms with Crippen molar-refractivity contribution < 1.29 is 14.3 Å². The van der Waals surface area contributed by atoms with Crippen molar-refractivity contribution in [3.8, 4) is 5.75 Å². The minimum absolute atomic E-state index is 0.0413. The number of anilines is 1. The van der Waals surface area contributed by atoms with Crippen LogP contribution in [0.4, 0.5) is 5.69 Å². The molecule has 3 heterocycles. The van der Waals surface area contributed by atoms with E-state index in [-0.39, 0.29) is 24.5 Å². The number of rotatable bonds is 3. The molecule has 1 aromatic heterocycles. The summed E-state index contributed by atoms with van der Waals surface area (Å²) in [6.45, 7) is 2.74. The Balaban J connectivity index is 1.51. The Morgan fingerprint density at radius 1 is 1.42 bits per heavy atom. The molecule has 0 aliphatic carbocycles. The first-order valence-electron chi connectivity index (χ1n) is 7.91. The van der Waals surface area contributed by atoms with Crippen LogP contribution in [0.5, 0.6) is 5.75 Å². The smallest absolute Gasteiger partial charge is 0.262 e. The molecular formula is C16H17N5O3. The molecular weight excluding hydrogens is 310 g/mol. The molecule has 4 rings (SSSR count). The Labute approximate surface area is 138 Å². The van der Waals surface area contributed by atoms with E-state index in [0.29, 0.717) is 17.0 Å². The molecule has 2 amide bonds. The van der Waals surface area contributed by atoms with Gasteiger partial charge < -0.3 is 19.9 Å². The van der Waals surface area contributed by atoms with Crippen LogP contribution in [-0.4, -0.2) is 33.2 Å². The Bertz CT molecular complexity index is 829. The van der Waals surface area contributed by atoms with Crippen LogP contribution in [-0.2, 0) is 17.8 Å². The van der Waals surface area contributed by atoms with Crippen LogP contribution in [0.25, 0.3) is 0 Å². The highest BCUT2D eigenvalue weighted by Gasteiger charge is 2.23. The molecule has 24 heavy (non-hydrogen) atoms. The molecule has 0 saturated carbocycles. The molecule has 124 valence electrons. The van der Waals surface area contributed by atoms with Gasteiger partial charge in [0, 0.05) is 18.5 Å². The molecule has 0 spiro atoms. The average Bonchev–Trinajstić information content (AvgIpc) is 3.17. The lowest BCUT2D eigenvalue weighted by molar-refractivity contribution is -0.118. The second-order valence-electron chi connectivity index (χ2n) is 5.97. The lowest BCUT2D eigenvalue weighted by Crippen LogP contribution is -2.29. The summed E-state index contributed by atoms with van der Waals surface area (Å²) >= 11 is 0. The molecule has 0 unspecified atom stereocenters. The number of nitrogens with zero attached hydrogens (tertiary/aromatic N) is 3. The summed E-state index contributed by atoms with van der Waals surface area (Å²) in [4.78, 5) is 23.8. The fraction of sp³-hybridized carbons (Fsp3) is 0.375. The third kappa shape index (κ3) is 2.49. The van der Waals surface area contributed by atoms with Crippen LogP contribution in [0, 0.1) is 0 Å². The van der Waals surface area contributed by atoms with E-state index in [0.717, 1.165) is 31.0 Å². The Kier molecular flexibility index (Phi) is 3.44. The van der Waals surface area contributed by atoms with E-state index in [4.69, 9.17) is 4.74 Å². The average molecular weight is 327 g/mol. The number of nitrogens with one attached hydrogen (secondary N) is 2. The number of fused-ring (bicyclic) bond motifs is 2. The normalized spacial score (nSPS) is 16.6. The highest BCUT2D eigenvalue weighted by atomic mass is 16.5. The summed E-state index contributed by atoms with van der Waals surface area (Å²) in [5.74, 6) is 1.83. The lowest BCUT2D eigenvalue weighted by atomic mass is 10.1. The van der Waals surface area contributed by atoms with Gasteiger partial charge in [-0.3, -0.25) is 9.59 Å². The molecule has 0 radical (unpaired) electrons. The summed E-state index contributed by atoms with van der Waals surface area (Å²) in [7, 11) is 0. The van der Waals surface area contributed by atoms with Crippen molar-refractivity contribution >= 4 is 17.5 Å². The highest BCUT2D eigenvalue weighted by Crippen LogP contribution is 2.28. The van der Waals surface area contributed by atoms with Crippen LogP contribution < -0.4 is 15.4 Å². The molecule has 0 fully saturated rings. The third-order valence-electron chi connectivity index (χ3n) is 4.25. The molecule has 1 aromatic carbocycles. The molecule has 0 bridgehead atoms. The SMILES string of the molecule is C[C@@H](NC(=O)c1ccc2c(c1)OCC(=O)N2)c1nnc2n1CCC2. The van der Waals surface area contributed by atoms with Crippen molar-refractivity contribution in [2.75, 3.05) is 11.9 Å². The van der Waals surface area contributed by atoms with Crippen molar-refractivity contribution in [1.82, 2.24) is 20.1 Å². The molecule has 2 aromatic rings. The van der Waals surface area contributed by atoms with Gasteiger partial charge in [0.2, 0.25) is 0 Å². The summed E-state index contributed by atoms with van der Waals surface area (Å²) in [5.41, 5.74) is 1.05. The van der Waals surface area contributed by atoms with Crippen LogP contribution >= 0.6 is 0 Å².